The van der Waals surface area contributed by atoms with Gasteiger partial charge in [-0.1, -0.05) is 0 Å². The van der Waals surface area contributed by atoms with Crippen molar-refractivity contribution in [2.45, 2.75) is 0 Å². The Labute approximate surface area is 105 Å². The van der Waals surface area contributed by atoms with Gasteiger partial charge in [0.2, 0.25) is 0 Å². The Morgan fingerprint density at radius 2 is 1.15 bits per heavy atom. The zero-order chi connectivity index (χ0) is 7.94. The van der Waals surface area contributed by atoms with E-state index in [2.05, 4.69) is 9.24 Å². The molecule has 0 bridgehead atoms. The topological polar surface area (TPSA) is 0 Å². The largest absolute Gasteiger partial charge is 0.748 e. The number of hydrogen-bond acceptors (Lipinski definition) is 0. The molecular formula is C10H11FePRh-6. The van der Waals surface area contributed by atoms with Crippen LogP contribution in [-0.4, -0.2) is 0 Å². The molecule has 2 rings (SSSR count). The molecule has 1 atom stereocenters. The van der Waals surface area contributed by atoms with Crippen LogP contribution in [-0.2, 0) is 36.5 Å². The van der Waals surface area contributed by atoms with Crippen molar-refractivity contribution in [3.8, 4) is 0 Å². The molecule has 13 heavy (non-hydrogen) atoms. The zero-order valence-corrected chi connectivity index (χ0v) is 10.9. The van der Waals surface area contributed by atoms with Crippen molar-refractivity contribution < 1.29 is 36.5 Å². The molecule has 0 aliphatic rings. The van der Waals surface area contributed by atoms with E-state index in [1.54, 1.807) is 0 Å². The average molecular weight is 321 g/mol. The van der Waals surface area contributed by atoms with E-state index < -0.39 is 0 Å². The molecule has 0 N–H and O–H groups in total. The van der Waals surface area contributed by atoms with Crippen LogP contribution in [0.1, 0.15) is 0 Å². The van der Waals surface area contributed by atoms with Crippen LogP contribution in [0.4, 0.5) is 0 Å². The van der Waals surface area contributed by atoms with Crippen molar-refractivity contribution in [2.24, 2.45) is 0 Å². The van der Waals surface area contributed by atoms with Gasteiger partial charge in [0.1, 0.15) is 0 Å². The van der Waals surface area contributed by atoms with Gasteiger partial charge < -0.3 is 30.3 Å². The van der Waals surface area contributed by atoms with Gasteiger partial charge in [0.05, 0.1) is 0 Å². The van der Waals surface area contributed by atoms with E-state index >= 15 is 0 Å². The van der Waals surface area contributed by atoms with Crippen LogP contribution < -0.4 is 5.30 Å². The first-order valence-corrected chi connectivity index (χ1v) is 4.11. The molecule has 0 spiro atoms. The molecule has 1 radical (unpaired) electrons. The minimum atomic E-state index is 0. The predicted molar refractivity (Wildman–Crippen MR) is 53.4 cm³/mol. The summed E-state index contributed by atoms with van der Waals surface area (Å²) in [5, 5.41) is 1.26. The Balaban J connectivity index is 0. The van der Waals surface area contributed by atoms with Crippen molar-refractivity contribution in [1.29, 1.82) is 0 Å². The second kappa shape index (κ2) is 10.4. The van der Waals surface area contributed by atoms with E-state index in [0.717, 1.165) is 0 Å². The Morgan fingerprint density at radius 1 is 0.846 bits per heavy atom. The van der Waals surface area contributed by atoms with E-state index in [1.165, 1.54) is 5.30 Å². The van der Waals surface area contributed by atoms with Crippen molar-refractivity contribution in [1.82, 2.24) is 0 Å². The first-order valence-electron chi connectivity index (χ1n) is 3.53. The fourth-order valence-corrected chi connectivity index (χ4v) is 0.932. The first kappa shape index (κ1) is 15.7. The third-order valence-electron chi connectivity index (χ3n) is 1.24. The molecule has 0 aliphatic carbocycles. The quantitative estimate of drug-likeness (QED) is 0.397. The van der Waals surface area contributed by atoms with Crippen molar-refractivity contribution in [3.63, 3.8) is 0 Å². The molecule has 3 heteroatoms. The van der Waals surface area contributed by atoms with E-state index in [4.69, 9.17) is 0 Å². The molecule has 0 nitrogen and oxygen atoms in total. The van der Waals surface area contributed by atoms with E-state index in [-0.39, 0.29) is 36.5 Å². The van der Waals surface area contributed by atoms with Gasteiger partial charge in [0.25, 0.3) is 0 Å². The molecule has 2 aromatic carbocycles. The summed E-state index contributed by atoms with van der Waals surface area (Å²) in [6.45, 7) is 0. The van der Waals surface area contributed by atoms with E-state index in [0.29, 0.717) is 0 Å². The summed E-state index contributed by atoms with van der Waals surface area (Å²) in [5.41, 5.74) is 0. The molecule has 0 saturated carbocycles. The standard InChI is InChI=1S/C5H6P.C5H5.Fe.Rh/c6-5-3-1-2-4-5;1-2-4-5-3-1;;/h1-4H,6H2;1-5H;;/q-1;-5;;. The van der Waals surface area contributed by atoms with Crippen LogP contribution in [0.2, 0.25) is 0 Å². The fourth-order valence-electron chi connectivity index (χ4n) is 0.710. The van der Waals surface area contributed by atoms with E-state index in [1.807, 2.05) is 54.6 Å². The smallest absolute Gasteiger partial charge is 0 e. The molecular weight excluding hydrogens is 310 g/mol. The summed E-state index contributed by atoms with van der Waals surface area (Å²) < 4.78 is 0. The second-order valence-corrected chi connectivity index (χ2v) is 2.85. The predicted octanol–water partition coefficient (Wildman–Crippen LogP) is 2.31. The van der Waals surface area contributed by atoms with Gasteiger partial charge in [-0.15, -0.1) is 5.30 Å². The van der Waals surface area contributed by atoms with Gasteiger partial charge in [-0.05, 0) is 0 Å². The van der Waals surface area contributed by atoms with Gasteiger partial charge in [-0.25, -0.2) is 12.1 Å². The summed E-state index contributed by atoms with van der Waals surface area (Å²) in [4.78, 5) is 0. The first-order chi connectivity index (χ1) is 5.39. The van der Waals surface area contributed by atoms with Crippen molar-refractivity contribution in [2.75, 3.05) is 0 Å². The fraction of sp³-hybridized carbons (Fsp3) is 0. The Morgan fingerprint density at radius 3 is 1.31 bits per heavy atom. The maximum absolute atomic E-state index is 2.62. The minimum Gasteiger partial charge on any atom is -0.748 e. The maximum Gasteiger partial charge on any atom is 0 e. The van der Waals surface area contributed by atoms with Crippen LogP contribution in [0.5, 0.6) is 0 Å². The van der Waals surface area contributed by atoms with Crippen molar-refractivity contribution in [3.05, 3.63) is 54.6 Å². The summed E-state index contributed by atoms with van der Waals surface area (Å²) in [6.07, 6.45) is 0. The summed E-state index contributed by atoms with van der Waals surface area (Å²) in [7, 11) is 2.62. The van der Waals surface area contributed by atoms with Gasteiger partial charge in [-0.2, -0.15) is 21.4 Å². The summed E-state index contributed by atoms with van der Waals surface area (Å²) in [5.74, 6) is 0. The van der Waals surface area contributed by atoms with Crippen molar-refractivity contribution >= 4 is 14.5 Å². The van der Waals surface area contributed by atoms with E-state index in [9.17, 15) is 0 Å². The third-order valence-corrected chi connectivity index (χ3v) is 1.63. The minimum absolute atomic E-state index is 0. The van der Waals surface area contributed by atoms with Crippen LogP contribution in [0.25, 0.3) is 0 Å². The number of rotatable bonds is 0. The Hall–Kier alpha value is 0.273. The second-order valence-electron chi connectivity index (χ2n) is 2.18. The Kier molecular flexibility index (Phi) is 12.5. The summed E-state index contributed by atoms with van der Waals surface area (Å²) >= 11 is 0. The molecule has 0 aromatic heterocycles. The summed E-state index contributed by atoms with van der Waals surface area (Å²) in [6, 6.07) is 18.1. The molecule has 0 amide bonds. The molecule has 0 heterocycles. The molecule has 0 fully saturated rings. The SMILES string of the molecule is P[c-]1cccc1.[Fe].[Rh].[cH-]1[cH-][cH-][cH-][cH-]1. The van der Waals surface area contributed by atoms with Gasteiger partial charge in [-0.3, -0.25) is 0 Å². The Bertz CT molecular complexity index is 233. The molecule has 79 valence electrons. The normalized spacial score (nSPS) is 7.15. The van der Waals surface area contributed by atoms with Crippen LogP contribution in [0.15, 0.2) is 54.6 Å². The monoisotopic (exact) mass is 321 g/mol. The molecule has 0 aliphatic heterocycles. The van der Waals surface area contributed by atoms with Gasteiger partial charge >= 0.3 is 0 Å². The van der Waals surface area contributed by atoms with Crippen LogP contribution >= 0.6 is 9.24 Å². The van der Waals surface area contributed by atoms with Gasteiger partial charge in [0.15, 0.2) is 0 Å². The maximum atomic E-state index is 2.62. The zero-order valence-electron chi connectivity index (χ0n) is 6.96. The number of hydrogen-bond donors (Lipinski definition) is 0. The average Bonchev–Trinajstić information content (AvgIpc) is 2.57. The third kappa shape index (κ3) is 8.60. The van der Waals surface area contributed by atoms with Crippen LogP contribution in [0.3, 0.4) is 0 Å². The van der Waals surface area contributed by atoms with Crippen LogP contribution in [0, 0.1) is 0 Å². The molecule has 0 saturated heterocycles. The van der Waals surface area contributed by atoms with Gasteiger partial charge in [0, 0.05) is 36.5 Å². The molecule has 1 unspecified atom stereocenters. The molecule has 2 aromatic rings.